The zero-order chi connectivity index (χ0) is 13.1. The molecule has 0 spiro atoms. The monoisotopic (exact) mass is 265 g/mol. The fourth-order valence-electron chi connectivity index (χ4n) is 1.43. The average Bonchev–Trinajstić information content (AvgIpc) is 2.80. The first-order valence-electron chi connectivity index (χ1n) is 5.50. The van der Waals surface area contributed by atoms with Gasteiger partial charge in [-0.2, -0.15) is 0 Å². The molecule has 0 aliphatic rings. The second kappa shape index (κ2) is 5.22. The minimum Gasteiger partial charge on any atom is -0.296 e. The number of hydrogen-bond donors (Lipinski definition) is 1. The maximum atomic E-state index is 13.7. The molecule has 6 heteroatoms. The first-order chi connectivity index (χ1) is 8.61. The molecule has 0 radical (unpaired) electrons. The van der Waals surface area contributed by atoms with Crippen LogP contribution in [0.4, 0.5) is 9.52 Å². The number of amides is 1. The Hall–Kier alpha value is -1.82. The van der Waals surface area contributed by atoms with Crippen LogP contribution in [0.15, 0.2) is 18.2 Å². The summed E-state index contributed by atoms with van der Waals surface area (Å²) < 4.78 is 13.7. The molecule has 4 nitrogen and oxygen atoms in total. The van der Waals surface area contributed by atoms with Gasteiger partial charge in [0.25, 0.3) is 5.91 Å². The van der Waals surface area contributed by atoms with Gasteiger partial charge in [-0.25, -0.2) is 4.39 Å². The SMILES string of the molecule is CCc1nnc(NC(=O)c2cccc(C)c2F)s1. The second-order valence-corrected chi connectivity index (χ2v) is 4.81. The highest BCUT2D eigenvalue weighted by Gasteiger charge is 2.14. The van der Waals surface area contributed by atoms with Gasteiger partial charge in [0, 0.05) is 0 Å². The van der Waals surface area contributed by atoms with Crippen LogP contribution in [0.3, 0.4) is 0 Å². The Bertz CT molecular complexity index is 582. The first-order valence-corrected chi connectivity index (χ1v) is 6.32. The van der Waals surface area contributed by atoms with E-state index in [1.165, 1.54) is 17.4 Å². The van der Waals surface area contributed by atoms with Crippen LogP contribution in [0.2, 0.25) is 0 Å². The summed E-state index contributed by atoms with van der Waals surface area (Å²) in [5.41, 5.74) is 0.456. The molecule has 1 heterocycles. The Kier molecular flexibility index (Phi) is 3.66. The van der Waals surface area contributed by atoms with Crippen molar-refractivity contribution in [3.63, 3.8) is 0 Å². The van der Waals surface area contributed by atoms with E-state index in [0.717, 1.165) is 11.4 Å². The van der Waals surface area contributed by atoms with Crippen LogP contribution in [0.1, 0.15) is 27.9 Å². The minimum atomic E-state index is -0.505. The molecular weight excluding hydrogens is 253 g/mol. The molecule has 0 fully saturated rings. The van der Waals surface area contributed by atoms with Crippen molar-refractivity contribution in [2.75, 3.05) is 5.32 Å². The smallest absolute Gasteiger partial charge is 0.260 e. The Balaban J connectivity index is 2.19. The molecule has 0 aliphatic heterocycles. The molecule has 18 heavy (non-hydrogen) atoms. The Morgan fingerprint density at radius 1 is 1.44 bits per heavy atom. The van der Waals surface area contributed by atoms with Gasteiger partial charge in [-0.15, -0.1) is 10.2 Å². The number of rotatable bonds is 3. The molecule has 0 atom stereocenters. The molecule has 0 saturated carbocycles. The van der Waals surface area contributed by atoms with E-state index in [1.54, 1.807) is 19.1 Å². The number of nitrogens with zero attached hydrogens (tertiary/aromatic N) is 2. The third kappa shape index (κ3) is 2.53. The van der Waals surface area contributed by atoms with Crippen LogP contribution in [-0.2, 0) is 6.42 Å². The zero-order valence-corrected chi connectivity index (χ0v) is 10.8. The summed E-state index contributed by atoms with van der Waals surface area (Å²) in [6, 6.07) is 4.70. The third-order valence-electron chi connectivity index (χ3n) is 2.43. The molecular formula is C12H12FN3OS. The van der Waals surface area contributed by atoms with Gasteiger partial charge in [-0.3, -0.25) is 10.1 Å². The zero-order valence-electron chi connectivity index (χ0n) is 10.0. The molecule has 1 amide bonds. The van der Waals surface area contributed by atoms with Gasteiger partial charge >= 0.3 is 0 Å². The number of anilines is 1. The quantitative estimate of drug-likeness (QED) is 0.928. The van der Waals surface area contributed by atoms with Crippen molar-refractivity contribution < 1.29 is 9.18 Å². The predicted molar refractivity (Wildman–Crippen MR) is 68.4 cm³/mol. The largest absolute Gasteiger partial charge is 0.296 e. The van der Waals surface area contributed by atoms with Gasteiger partial charge in [-0.05, 0) is 25.0 Å². The molecule has 2 aromatic rings. The van der Waals surface area contributed by atoms with E-state index < -0.39 is 11.7 Å². The van der Waals surface area contributed by atoms with Crippen molar-refractivity contribution in [1.29, 1.82) is 0 Å². The van der Waals surface area contributed by atoms with Crippen molar-refractivity contribution in [3.05, 3.63) is 40.2 Å². The highest BCUT2D eigenvalue weighted by atomic mass is 32.1. The lowest BCUT2D eigenvalue weighted by molar-refractivity contribution is 0.102. The Morgan fingerprint density at radius 2 is 2.22 bits per heavy atom. The standard InChI is InChI=1S/C12H12FN3OS/c1-3-9-15-16-12(18-9)14-11(17)8-6-4-5-7(2)10(8)13/h4-6H,3H2,1-2H3,(H,14,16,17). The maximum absolute atomic E-state index is 13.7. The summed E-state index contributed by atoms with van der Waals surface area (Å²) in [6.45, 7) is 3.57. The number of aromatic nitrogens is 2. The van der Waals surface area contributed by atoms with Crippen LogP contribution in [-0.4, -0.2) is 16.1 Å². The molecule has 1 aromatic carbocycles. The van der Waals surface area contributed by atoms with Gasteiger partial charge in [0.05, 0.1) is 5.56 Å². The molecule has 94 valence electrons. The fraction of sp³-hybridized carbons (Fsp3) is 0.250. The van der Waals surface area contributed by atoms with Gasteiger partial charge in [0.1, 0.15) is 10.8 Å². The molecule has 0 saturated heterocycles. The van der Waals surface area contributed by atoms with Crippen LogP contribution < -0.4 is 5.32 Å². The Morgan fingerprint density at radius 3 is 2.89 bits per heavy atom. The molecule has 0 bridgehead atoms. The van der Waals surface area contributed by atoms with E-state index in [-0.39, 0.29) is 5.56 Å². The number of carbonyl (C=O) groups is 1. The van der Waals surface area contributed by atoms with Gasteiger partial charge in [-0.1, -0.05) is 30.4 Å². The summed E-state index contributed by atoms with van der Waals surface area (Å²) in [5.74, 6) is -1.01. The first kappa shape index (κ1) is 12.6. The molecule has 0 aliphatic carbocycles. The van der Waals surface area contributed by atoms with E-state index in [0.29, 0.717) is 10.7 Å². The molecule has 1 N–H and O–H groups in total. The van der Waals surface area contributed by atoms with E-state index in [1.807, 2.05) is 6.92 Å². The highest BCUT2D eigenvalue weighted by molar-refractivity contribution is 7.15. The molecule has 2 rings (SSSR count). The van der Waals surface area contributed by atoms with E-state index >= 15 is 0 Å². The summed E-state index contributed by atoms with van der Waals surface area (Å²) in [6.07, 6.45) is 0.756. The number of aryl methyl sites for hydroxylation is 2. The normalized spacial score (nSPS) is 10.4. The number of carbonyl (C=O) groups excluding carboxylic acids is 1. The maximum Gasteiger partial charge on any atom is 0.260 e. The second-order valence-electron chi connectivity index (χ2n) is 3.75. The van der Waals surface area contributed by atoms with E-state index in [2.05, 4.69) is 15.5 Å². The van der Waals surface area contributed by atoms with Crippen LogP contribution >= 0.6 is 11.3 Å². The van der Waals surface area contributed by atoms with Gasteiger partial charge in [0.2, 0.25) is 5.13 Å². The van der Waals surface area contributed by atoms with Crippen LogP contribution in [0, 0.1) is 12.7 Å². The average molecular weight is 265 g/mol. The molecule has 1 aromatic heterocycles. The fourth-order valence-corrected chi connectivity index (χ4v) is 2.11. The van der Waals surface area contributed by atoms with Crippen molar-refractivity contribution in [3.8, 4) is 0 Å². The predicted octanol–water partition coefficient (Wildman–Crippen LogP) is 2.80. The number of hydrogen-bond acceptors (Lipinski definition) is 4. The highest BCUT2D eigenvalue weighted by Crippen LogP contribution is 2.18. The third-order valence-corrected chi connectivity index (χ3v) is 3.41. The lowest BCUT2D eigenvalue weighted by Gasteiger charge is -2.04. The van der Waals surface area contributed by atoms with Crippen molar-refractivity contribution in [2.24, 2.45) is 0 Å². The van der Waals surface area contributed by atoms with Crippen molar-refractivity contribution in [1.82, 2.24) is 10.2 Å². The summed E-state index contributed by atoms with van der Waals surface area (Å²) in [4.78, 5) is 11.9. The van der Waals surface area contributed by atoms with E-state index in [9.17, 15) is 9.18 Å². The number of halogens is 1. The topological polar surface area (TPSA) is 54.9 Å². The van der Waals surface area contributed by atoms with Gasteiger partial charge in [0.15, 0.2) is 0 Å². The molecule has 0 unspecified atom stereocenters. The summed E-state index contributed by atoms with van der Waals surface area (Å²) in [5, 5.41) is 11.5. The summed E-state index contributed by atoms with van der Waals surface area (Å²) >= 11 is 1.29. The summed E-state index contributed by atoms with van der Waals surface area (Å²) in [7, 11) is 0. The van der Waals surface area contributed by atoms with Crippen molar-refractivity contribution in [2.45, 2.75) is 20.3 Å². The Labute approximate surface area is 108 Å². The lowest BCUT2D eigenvalue weighted by Crippen LogP contribution is -2.14. The minimum absolute atomic E-state index is 0.0169. The van der Waals surface area contributed by atoms with Crippen LogP contribution in [0.5, 0.6) is 0 Å². The van der Waals surface area contributed by atoms with Crippen molar-refractivity contribution >= 4 is 22.4 Å². The number of nitrogens with one attached hydrogen (secondary N) is 1. The number of benzene rings is 1. The van der Waals surface area contributed by atoms with E-state index in [4.69, 9.17) is 0 Å². The van der Waals surface area contributed by atoms with Gasteiger partial charge < -0.3 is 0 Å². The van der Waals surface area contributed by atoms with Crippen LogP contribution in [0.25, 0.3) is 0 Å². The lowest BCUT2D eigenvalue weighted by atomic mass is 10.1.